The van der Waals surface area contributed by atoms with Gasteiger partial charge in [0.2, 0.25) is 0 Å². The van der Waals surface area contributed by atoms with Gasteiger partial charge in [0.15, 0.2) is 5.75 Å². The Balaban J connectivity index is 1.47. The second-order valence-electron chi connectivity index (χ2n) is 8.73. The summed E-state index contributed by atoms with van der Waals surface area (Å²) in [5.74, 6) is 0.559. The molecule has 0 spiro atoms. The molecule has 1 amide bonds. The third-order valence-corrected chi connectivity index (χ3v) is 6.63. The van der Waals surface area contributed by atoms with E-state index in [1.807, 2.05) is 13.1 Å². The smallest absolute Gasteiger partial charge is 0.255 e. The van der Waals surface area contributed by atoms with Crippen LogP contribution in [0.15, 0.2) is 12.1 Å². The van der Waals surface area contributed by atoms with Gasteiger partial charge in [-0.2, -0.15) is 0 Å². The number of hydrogen-bond donors (Lipinski definition) is 1. The van der Waals surface area contributed by atoms with Crippen molar-refractivity contribution in [3.8, 4) is 5.75 Å². The van der Waals surface area contributed by atoms with E-state index in [0.717, 1.165) is 31.7 Å². The van der Waals surface area contributed by atoms with Gasteiger partial charge in [0, 0.05) is 24.7 Å². The van der Waals surface area contributed by atoms with Gasteiger partial charge in [-0.3, -0.25) is 9.69 Å². The van der Waals surface area contributed by atoms with Crippen LogP contribution in [-0.4, -0.2) is 56.7 Å². The third kappa shape index (κ3) is 6.27. The Kier molecular flexibility index (Phi) is 9.13. The lowest BCUT2D eigenvalue weighted by Crippen LogP contribution is -2.41. The monoisotopic (exact) mass is 435 g/mol. The van der Waals surface area contributed by atoms with Crippen LogP contribution in [0.5, 0.6) is 5.75 Å². The number of carbonyl (C=O) groups excluding carboxylic acids is 1. The first-order valence-electron chi connectivity index (χ1n) is 11.8. The molecule has 2 heterocycles. The van der Waals surface area contributed by atoms with Gasteiger partial charge in [0.25, 0.3) is 5.91 Å². The van der Waals surface area contributed by atoms with Gasteiger partial charge in [0.05, 0.1) is 17.8 Å². The number of anilines is 1. The van der Waals surface area contributed by atoms with Crippen LogP contribution in [0.2, 0.25) is 5.02 Å². The predicted octanol–water partition coefficient (Wildman–Crippen LogP) is 5.11. The Hall–Kier alpha value is -1.46. The molecule has 0 saturated carbocycles. The number of halogens is 1. The molecule has 1 atom stereocenters. The summed E-state index contributed by atoms with van der Waals surface area (Å²) in [5, 5.41) is 3.72. The molecule has 6 heteroatoms. The maximum Gasteiger partial charge on any atom is 0.255 e. The van der Waals surface area contributed by atoms with Crippen LogP contribution in [0.25, 0.3) is 0 Å². The largest absolute Gasteiger partial charge is 0.489 e. The first-order chi connectivity index (χ1) is 14.6. The second kappa shape index (κ2) is 11.8. The van der Waals surface area contributed by atoms with Crippen molar-refractivity contribution < 1.29 is 9.53 Å². The summed E-state index contributed by atoms with van der Waals surface area (Å²) in [6.07, 6.45) is 11.7. The molecule has 0 aliphatic carbocycles. The fraction of sp³-hybridized carbons (Fsp3) is 0.708. The maximum absolute atomic E-state index is 12.9. The molecular weight excluding hydrogens is 398 g/mol. The quantitative estimate of drug-likeness (QED) is 0.490. The molecule has 1 fully saturated rings. The number of amides is 1. The number of carbonyl (C=O) groups is 1. The summed E-state index contributed by atoms with van der Waals surface area (Å²) in [6.45, 7) is 6.63. The molecule has 3 rings (SSSR count). The highest BCUT2D eigenvalue weighted by atomic mass is 35.5. The van der Waals surface area contributed by atoms with Crippen molar-refractivity contribution >= 4 is 23.2 Å². The van der Waals surface area contributed by atoms with Crippen molar-refractivity contribution in [2.75, 3.05) is 44.7 Å². The number of nitrogens with zero attached hydrogens (tertiary/aromatic N) is 2. The van der Waals surface area contributed by atoms with Gasteiger partial charge in [-0.05, 0) is 44.5 Å². The van der Waals surface area contributed by atoms with Crippen molar-refractivity contribution in [2.45, 2.75) is 70.8 Å². The summed E-state index contributed by atoms with van der Waals surface area (Å²) in [5.41, 5.74) is 1.43. The van der Waals surface area contributed by atoms with Gasteiger partial charge >= 0.3 is 0 Å². The molecule has 1 N–H and O–H groups in total. The zero-order valence-corrected chi connectivity index (χ0v) is 19.5. The lowest BCUT2D eigenvalue weighted by Gasteiger charge is -2.29. The third-order valence-electron chi connectivity index (χ3n) is 6.41. The number of nitrogens with one attached hydrogen (secondary N) is 1. The van der Waals surface area contributed by atoms with Crippen LogP contribution in [0.3, 0.4) is 0 Å². The van der Waals surface area contributed by atoms with Crippen molar-refractivity contribution in [2.24, 2.45) is 0 Å². The topological polar surface area (TPSA) is 44.8 Å². The lowest BCUT2D eigenvalue weighted by atomic mass is 10.1. The highest BCUT2D eigenvalue weighted by Gasteiger charge is 2.27. The van der Waals surface area contributed by atoms with Crippen LogP contribution in [0.4, 0.5) is 5.69 Å². The summed E-state index contributed by atoms with van der Waals surface area (Å²) in [6, 6.07) is 4.03. The average Bonchev–Trinajstić information content (AvgIpc) is 3.19. The normalized spacial score (nSPS) is 18.9. The van der Waals surface area contributed by atoms with Crippen molar-refractivity contribution in [1.29, 1.82) is 0 Å². The highest BCUT2D eigenvalue weighted by Crippen LogP contribution is 2.37. The SMILES string of the molecule is CCCCCCCCCN1CCC[C@@H]1CNC(=O)c1cc(Cl)cc2c1OCCN2C. The number of benzene rings is 1. The van der Waals surface area contributed by atoms with E-state index in [-0.39, 0.29) is 5.91 Å². The van der Waals surface area contributed by atoms with E-state index in [4.69, 9.17) is 16.3 Å². The van der Waals surface area contributed by atoms with Crippen LogP contribution in [-0.2, 0) is 0 Å². The number of unbranched alkanes of at least 4 members (excludes halogenated alkanes) is 6. The maximum atomic E-state index is 12.9. The molecule has 30 heavy (non-hydrogen) atoms. The molecule has 0 aromatic heterocycles. The van der Waals surface area contributed by atoms with Crippen LogP contribution in [0, 0.1) is 0 Å². The van der Waals surface area contributed by atoms with Crippen LogP contribution in [0.1, 0.15) is 75.1 Å². The minimum absolute atomic E-state index is 0.0909. The van der Waals surface area contributed by atoms with Crippen molar-refractivity contribution in [1.82, 2.24) is 10.2 Å². The van der Waals surface area contributed by atoms with Crippen molar-refractivity contribution in [3.63, 3.8) is 0 Å². The van der Waals surface area contributed by atoms with E-state index in [2.05, 4.69) is 22.0 Å². The number of ether oxygens (including phenoxy) is 1. The molecule has 5 nitrogen and oxygen atoms in total. The fourth-order valence-electron chi connectivity index (χ4n) is 4.59. The lowest BCUT2D eigenvalue weighted by molar-refractivity contribution is 0.0936. The molecular formula is C24H38ClN3O2. The average molecular weight is 436 g/mol. The van der Waals surface area contributed by atoms with Gasteiger partial charge in [-0.25, -0.2) is 0 Å². The summed E-state index contributed by atoms with van der Waals surface area (Å²) < 4.78 is 5.82. The van der Waals surface area contributed by atoms with Crippen molar-refractivity contribution in [3.05, 3.63) is 22.7 Å². The zero-order chi connectivity index (χ0) is 21.3. The van der Waals surface area contributed by atoms with E-state index < -0.39 is 0 Å². The Labute approximate surface area is 187 Å². The van der Waals surface area contributed by atoms with Gasteiger partial charge in [-0.1, -0.05) is 57.0 Å². The molecule has 1 saturated heterocycles. The first-order valence-corrected chi connectivity index (χ1v) is 12.2. The van der Waals surface area contributed by atoms with Crippen LogP contribution < -0.4 is 15.0 Å². The number of likely N-dealkylation sites (tertiary alicyclic amines) is 1. The summed E-state index contributed by atoms with van der Waals surface area (Å²) in [4.78, 5) is 17.6. The Morgan fingerprint density at radius 3 is 2.73 bits per heavy atom. The fourth-order valence-corrected chi connectivity index (χ4v) is 4.80. The summed E-state index contributed by atoms with van der Waals surface area (Å²) in [7, 11) is 2.00. The predicted molar refractivity (Wildman–Crippen MR) is 125 cm³/mol. The van der Waals surface area contributed by atoms with E-state index in [0.29, 0.717) is 35.5 Å². The molecule has 0 unspecified atom stereocenters. The number of fused-ring (bicyclic) bond motifs is 1. The Bertz CT molecular complexity index is 697. The number of likely N-dealkylation sites (N-methyl/N-ethyl adjacent to an activating group) is 1. The zero-order valence-electron chi connectivity index (χ0n) is 18.7. The number of hydrogen-bond acceptors (Lipinski definition) is 4. The van der Waals surface area contributed by atoms with E-state index in [9.17, 15) is 4.79 Å². The van der Waals surface area contributed by atoms with Gasteiger partial charge < -0.3 is 15.0 Å². The standard InChI is InChI=1S/C24H38ClN3O2/c1-3-4-5-6-7-8-9-12-28-13-10-11-20(28)18-26-24(29)21-16-19(25)17-22-23(21)30-15-14-27(22)2/h16-17,20H,3-15,18H2,1-2H3,(H,26,29)/t20-/m1/s1. The van der Waals surface area contributed by atoms with E-state index >= 15 is 0 Å². The number of rotatable bonds is 11. The molecule has 2 aliphatic rings. The van der Waals surface area contributed by atoms with E-state index in [1.54, 1.807) is 6.07 Å². The molecule has 2 aliphatic heterocycles. The second-order valence-corrected chi connectivity index (χ2v) is 9.17. The van der Waals surface area contributed by atoms with Crippen LogP contribution >= 0.6 is 11.6 Å². The van der Waals surface area contributed by atoms with E-state index in [1.165, 1.54) is 51.4 Å². The minimum Gasteiger partial charge on any atom is -0.489 e. The molecule has 1 aromatic carbocycles. The molecule has 0 radical (unpaired) electrons. The molecule has 0 bridgehead atoms. The first kappa shape index (κ1) is 23.2. The summed E-state index contributed by atoms with van der Waals surface area (Å²) >= 11 is 6.28. The molecule has 168 valence electrons. The highest BCUT2D eigenvalue weighted by molar-refractivity contribution is 6.31. The van der Waals surface area contributed by atoms with Gasteiger partial charge in [-0.15, -0.1) is 0 Å². The van der Waals surface area contributed by atoms with Gasteiger partial charge in [0.1, 0.15) is 6.61 Å². The minimum atomic E-state index is -0.0909. The molecule has 1 aromatic rings. The Morgan fingerprint density at radius 2 is 1.93 bits per heavy atom. The Morgan fingerprint density at radius 1 is 1.17 bits per heavy atom.